The average molecular weight is 873 g/mol. The summed E-state index contributed by atoms with van der Waals surface area (Å²) in [6, 6.07) is 0. The van der Waals surface area contributed by atoms with Crippen LogP contribution in [0.4, 0.5) is 0 Å². The SMILES string of the molecule is CC/C=C\C/C=C\C/C=C\C/C=C\CCCCCC(=O)OC(COC(=O)CCCCCCC\C=C/C=C\C=C/C=C\CCCCC)COC(=O)CCCCCCC/C=C\CCCC. The lowest BCUT2D eigenvalue weighted by Crippen LogP contribution is -2.30. The number of esters is 3. The Morgan fingerprint density at radius 1 is 0.349 bits per heavy atom. The first kappa shape index (κ1) is 59.1. The maximum absolute atomic E-state index is 12.8. The fourth-order valence-electron chi connectivity index (χ4n) is 6.48. The molecule has 0 amide bonds. The molecule has 0 aromatic rings. The molecule has 1 unspecified atom stereocenters. The summed E-state index contributed by atoms with van der Waals surface area (Å²) in [5.74, 6) is -0.977. The molecule has 0 saturated heterocycles. The summed E-state index contributed by atoms with van der Waals surface area (Å²) in [5, 5.41) is 0. The Labute approximate surface area is 387 Å². The minimum Gasteiger partial charge on any atom is -0.462 e. The van der Waals surface area contributed by atoms with Crippen LogP contribution in [0, 0.1) is 0 Å². The van der Waals surface area contributed by atoms with Gasteiger partial charge in [0.1, 0.15) is 13.2 Å². The second kappa shape index (κ2) is 50.7. The van der Waals surface area contributed by atoms with Gasteiger partial charge in [-0.15, -0.1) is 0 Å². The van der Waals surface area contributed by atoms with Gasteiger partial charge in [0.05, 0.1) is 0 Å². The number of carbonyl (C=O) groups excluding carboxylic acids is 3. The molecule has 6 nitrogen and oxygen atoms in total. The first-order valence-electron chi connectivity index (χ1n) is 25.4. The van der Waals surface area contributed by atoms with Crippen molar-refractivity contribution in [3.05, 3.63) is 109 Å². The minimum atomic E-state index is -0.809. The van der Waals surface area contributed by atoms with Crippen molar-refractivity contribution in [3.63, 3.8) is 0 Å². The summed E-state index contributed by atoms with van der Waals surface area (Å²) in [5.41, 5.74) is 0. The second-order valence-electron chi connectivity index (χ2n) is 16.4. The van der Waals surface area contributed by atoms with E-state index in [-0.39, 0.29) is 37.5 Å². The van der Waals surface area contributed by atoms with Crippen molar-refractivity contribution < 1.29 is 28.6 Å². The van der Waals surface area contributed by atoms with Crippen LogP contribution in [0.15, 0.2) is 109 Å². The fraction of sp³-hybridized carbons (Fsp3) is 0.632. The van der Waals surface area contributed by atoms with Crippen LogP contribution in [-0.4, -0.2) is 37.2 Å². The maximum atomic E-state index is 12.8. The van der Waals surface area contributed by atoms with Crippen LogP contribution < -0.4 is 0 Å². The molecule has 0 rings (SSSR count). The summed E-state index contributed by atoms with van der Waals surface area (Å²) in [6.07, 6.45) is 67.8. The Morgan fingerprint density at radius 2 is 0.698 bits per heavy atom. The Balaban J connectivity index is 4.51. The van der Waals surface area contributed by atoms with Crippen molar-refractivity contribution in [2.45, 2.75) is 219 Å². The third kappa shape index (κ3) is 49.0. The zero-order valence-corrected chi connectivity index (χ0v) is 40.5. The highest BCUT2D eigenvalue weighted by molar-refractivity contribution is 5.71. The van der Waals surface area contributed by atoms with Crippen molar-refractivity contribution in [1.29, 1.82) is 0 Å². The lowest BCUT2D eigenvalue weighted by atomic mass is 10.1. The number of allylic oxidation sites excluding steroid dienone is 18. The third-order valence-corrected chi connectivity index (χ3v) is 10.3. The van der Waals surface area contributed by atoms with E-state index in [1.54, 1.807) is 0 Å². The molecule has 0 aromatic carbocycles. The molecule has 0 aliphatic rings. The Kier molecular flexibility index (Phi) is 47.5. The highest BCUT2D eigenvalue weighted by Crippen LogP contribution is 2.12. The topological polar surface area (TPSA) is 78.9 Å². The average Bonchev–Trinajstić information content (AvgIpc) is 3.28. The van der Waals surface area contributed by atoms with Crippen molar-refractivity contribution >= 4 is 17.9 Å². The molecule has 0 fully saturated rings. The molecule has 0 aliphatic carbocycles. The van der Waals surface area contributed by atoms with Gasteiger partial charge in [-0.3, -0.25) is 14.4 Å². The molecule has 0 aliphatic heterocycles. The van der Waals surface area contributed by atoms with E-state index in [9.17, 15) is 14.4 Å². The van der Waals surface area contributed by atoms with Gasteiger partial charge in [0.15, 0.2) is 6.10 Å². The lowest BCUT2D eigenvalue weighted by molar-refractivity contribution is -0.167. The van der Waals surface area contributed by atoms with Crippen molar-refractivity contribution in [3.8, 4) is 0 Å². The summed E-state index contributed by atoms with van der Waals surface area (Å²) in [4.78, 5) is 37.9. The summed E-state index contributed by atoms with van der Waals surface area (Å²) < 4.78 is 16.7. The highest BCUT2D eigenvalue weighted by atomic mass is 16.6. The van der Waals surface area contributed by atoms with Gasteiger partial charge >= 0.3 is 17.9 Å². The molecule has 0 radical (unpaired) electrons. The molecule has 0 aromatic heterocycles. The quantitative estimate of drug-likeness (QED) is 0.0199. The number of rotatable bonds is 44. The molecule has 0 heterocycles. The van der Waals surface area contributed by atoms with E-state index in [0.29, 0.717) is 12.8 Å². The summed E-state index contributed by atoms with van der Waals surface area (Å²) >= 11 is 0. The van der Waals surface area contributed by atoms with Crippen molar-refractivity contribution in [1.82, 2.24) is 0 Å². The van der Waals surface area contributed by atoms with Gasteiger partial charge in [0.2, 0.25) is 0 Å². The number of hydrogen-bond acceptors (Lipinski definition) is 6. The predicted octanol–water partition coefficient (Wildman–Crippen LogP) is 16.8. The molecule has 63 heavy (non-hydrogen) atoms. The largest absolute Gasteiger partial charge is 0.462 e. The van der Waals surface area contributed by atoms with Crippen LogP contribution in [-0.2, 0) is 28.6 Å². The summed E-state index contributed by atoms with van der Waals surface area (Å²) in [6.45, 7) is 6.37. The first-order valence-corrected chi connectivity index (χ1v) is 25.4. The molecule has 356 valence electrons. The molecule has 0 spiro atoms. The van der Waals surface area contributed by atoms with E-state index in [2.05, 4.69) is 130 Å². The third-order valence-electron chi connectivity index (χ3n) is 10.3. The van der Waals surface area contributed by atoms with E-state index in [1.807, 2.05) is 0 Å². The zero-order valence-electron chi connectivity index (χ0n) is 40.5. The Bertz CT molecular complexity index is 1330. The fourth-order valence-corrected chi connectivity index (χ4v) is 6.48. The van der Waals surface area contributed by atoms with Crippen LogP contribution in [0.3, 0.4) is 0 Å². The van der Waals surface area contributed by atoms with Gasteiger partial charge in [-0.05, 0) is 103 Å². The van der Waals surface area contributed by atoms with Gasteiger partial charge in [0.25, 0.3) is 0 Å². The van der Waals surface area contributed by atoms with Crippen LogP contribution in [0.5, 0.6) is 0 Å². The highest BCUT2D eigenvalue weighted by Gasteiger charge is 2.19. The van der Waals surface area contributed by atoms with Crippen molar-refractivity contribution in [2.75, 3.05) is 13.2 Å². The van der Waals surface area contributed by atoms with Crippen LogP contribution in [0.25, 0.3) is 0 Å². The zero-order chi connectivity index (χ0) is 45.8. The molecule has 0 N–H and O–H groups in total. The van der Waals surface area contributed by atoms with Crippen LogP contribution in [0.1, 0.15) is 213 Å². The second-order valence-corrected chi connectivity index (χ2v) is 16.4. The monoisotopic (exact) mass is 873 g/mol. The van der Waals surface area contributed by atoms with Gasteiger partial charge in [-0.2, -0.15) is 0 Å². The normalized spacial score (nSPS) is 13.0. The number of carbonyl (C=O) groups is 3. The van der Waals surface area contributed by atoms with Gasteiger partial charge in [-0.1, -0.05) is 201 Å². The van der Waals surface area contributed by atoms with E-state index in [4.69, 9.17) is 14.2 Å². The van der Waals surface area contributed by atoms with Gasteiger partial charge in [-0.25, -0.2) is 0 Å². The molecule has 1 atom stereocenters. The summed E-state index contributed by atoms with van der Waals surface area (Å²) in [7, 11) is 0. The molecule has 0 saturated carbocycles. The van der Waals surface area contributed by atoms with Crippen LogP contribution >= 0.6 is 0 Å². The predicted molar refractivity (Wildman–Crippen MR) is 270 cm³/mol. The standard InChI is InChI=1S/C57H92O6/c1-4-7-10-13-16-19-22-24-26-28-29-31-32-35-38-41-44-47-50-56(59)62-53-54(52-61-55(58)49-46-43-40-37-34-21-18-15-12-9-6-3)63-57(60)51-48-45-42-39-36-33-30-27-25-23-20-17-14-11-8-5-2/h8,11,15-20,22,24-29,31,33,36,54H,4-7,9-10,12-14,21,23,30,32,34-35,37-53H2,1-3H3/b11-8-,18-15-,19-16-,20-17-,24-22-,27-25-,28-26-,31-29-,36-33-. The number of hydrogen-bond donors (Lipinski definition) is 0. The maximum Gasteiger partial charge on any atom is 0.306 e. The minimum absolute atomic E-state index is 0.106. The smallest absolute Gasteiger partial charge is 0.306 e. The van der Waals surface area contributed by atoms with E-state index in [0.717, 1.165) is 128 Å². The molecular weight excluding hydrogens is 781 g/mol. The van der Waals surface area contributed by atoms with Crippen molar-refractivity contribution in [2.24, 2.45) is 0 Å². The molecule has 6 heteroatoms. The molecule has 0 bridgehead atoms. The Hall–Kier alpha value is -3.93. The number of unbranched alkanes of at least 4 members (excludes halogenated alkanes) is 18. The molecular formula is C57H92O6. The van der Waals surface area contributed by atoms with Gasteiger partial charge < -0.3 is 14.2 Å². The van der Waals surface area contributed by atoms with Crippen LogP contribution in [0.2, 0.25) is 0 Å². The number of ether oxygens (including phenoxy) is 3. The first-order chi connectivity index (χ1) is 31.0. The van der Waals surface area contributed by atoms with E-state index < -0.39 is 6.10 Å². The van der Waals surface area contributed by atoms with E-state index in [1.165, 1.54) is 44.9 Å². The van der Waals surface area contributed by atoms with E-state index >= 15 is 0 Å². The van der Waals surface area contributed by atoms with Gasteiger partial charge in [0, 0.05) is 19.3 Å². The Morgan fingerprint density at radius 3 is 1.19 bits per heavy atom. The lowest BCUT2D eigenvalue weighted by Gasteiger charge is -2.18.